The topological polar surface area (TPSA) is 25.1 Å². The quantitative estimate of drug-likeness (QED) is 0.563. The summed E-state index contributed by atoms with van der Waals surface area (Å²) in [6.07, 6.45) is 6.60. The van der Waals surface area contributed by atoms with E-state index in [0.29, 0.717) is 18.3 Å². The predicted molar refractivity (Wildman–Crippen MR) is 40.4 cm³/mol. The van der Waals surface area contributed by atoms with E-state index in [9.17, 15) is 0 Å². The lowest BCUT2D eigenvalue weighted by molar-refractivity contribution is 0.206. The van der Waals surface area contributed by atoms with Crippen LogP contribution in [0.3, 0.4) is 0 Å². The molecule has 0 aromatic heterocycles. The Morgan fingerprint density at radius 3 is 2.91 bits per heavy atom. The summed E-state index contributed by atoms with van der Waals surface area (Å²) in [5, 5.41) is 0. The largest absolute Gasteiger partial charge is 0.366 e. The molecule has 3 aliphatic rings. The van der Waals surface area contributed by atoms with Gasteiger partial charge in [-0.25, -0.2) is 0 Å². The Labute approximate surface area is 66.9 Å². The first-order chi connectivity index (χ1) is 5.37. The molecule has 3 rings (SSSR count). The smallest absolute Gasteiger partial charge is 0.123 e. The van der Waals surface area contributed by atoms with Crippen molar-refractivity contribution in [1.29, 1.82) is 0 Å². The summed E-state index contributed by atoms with van der Waals surface area (Å²) in [4.78, 5) is 0. The second kappa shape index (κ2) is 1.80. The van der Waals surface area contributed by atoms with Crippen molar-refractivity contribution < 1.29 is 9.47 Å². The lowest BCUT2D eigenvalue weighted by atomic mass is 10.00. The van der Waals surface area contributed by atoms with Crippen LogP contribution in [-0.4, -0.2) is 23.9 Å². The number of hydrogen-bond donors (Lipinski definition) is 0. The molecule has 0 aromatic rings. The number of fused-ring (bicyclic) bond motifs is 1. The first-order valence-electron chi connectivity index (χ1n) is 4.70. The van der Waals surface area contributed by atoms with Crippen molar-refractivity contribution in [2.75, 3.05) is 0 Å². The van der Waals surface area contributed by atoms with E-state index in [4.69, 9.17) is 9.47 Å². The standard InChI is InChI=1S/C9H14O2/c1-2-6-8(10-6)9-5-3-4-7(9)11-9/h6-8H,2-5H2,1H3. The maximum Gasteiger partial charge on any atom is 0.123 e. The van der Waals surface area contributed by atoms with Gasteiger partial charge in [0.2, 0.25) is 0 Å². The lowest BCUT2D eigenvalue weighted by Crippen LogP contribution is -2.20. The number of hydrogen-bond acceptors (Lipinski definition) is 2. The molecule has 2 nitrogen and oxygen atoms in total. The summed E-state index contributed by atoms with van der Waals surface area (Å²) in [6.45, 7) is 2.19. The van der Waals surface area contributed by atoms with Crippen molar-refractivity contribution in [3.05, 3.63) is 0 Å². The molecule has 0 bridgehead atoms. The minimum Gasteiger partial charge on any atom is -0.366 e. The van der Waals surface area contributed by atoms with Crippen LogP contribution in [0.5, 0.6) is 0 Å². The second-order valence-electron chi connectivity index (χ2n) is 3.96. The molecule has 2 saturated heterocycles. The highest BCUT2D eigenvalue weighted by molar-refractivity contribution is 5.18. The maximum absolute atomic E-state index is 5.67. The molecule has 1 aliphatic carbocycles. The predicted octanol–water partition coefficient (Wildman–Crippen LogP) is 1.49. The molecule has 62 valence electrons. The number of ether oxygens (including phenoxy) is 2. The van der Waals surface area contributed by atoms with Gasteiger partial charge in [0.05, 0.1) is 12.2 Å². The van der Waals surface area contributed by atoms with Gasteiger partial charge in [0.15, 0.2) is 0 Å². The molecule has 4 atom stereocenters. The van der Waals surface area contributed by atoms with Crippen LogP contribution in [0.2, 0.25) is 0 Å². The molecular weight excluding hydrogens is 140 g/mol. The highest BCUT2D eigenvalue weighted by atomic mass is 16.7. The molecule has 3 fully saturated rings. The second-order valence-corrected chi connectivity index (χ2v) is 3.96. The van der Waals surface area contributed by atoms with Crippen LogP contribution in [-0.2, 0) is 9.47 Å². The summed E-state index contributed by atoms with van der Waals surface area (Å²) in [6, 6.07) is 0. The molecule has 2 aliphatic heterocycles. The minimum absolute atomic E-state index is 0.223. The van der Waals surface area contributed by atoms with E-state index in [0.717, 1.165) is 6.42 Å². The van der Waals surface area contributed by atoms with Crippen molar-refractivity contribution in [3.63, 3.8) is 0 Å². The van der Waals surface area contributed by atoms with Gasteiger partial charge in [-0.05, 0) is 25.7 Å². The van der Waals surface area contributed by atoms with Gasteiger partial charge in [0.25, 0.3) is 0 Å². The molecule has 0 radical (unpaired) electrons. The zero-order chi connectivity index (χ0) is 7.47. The average molecular weight is 154 g/mol. The fraction of sp³-hybridized carbons (Fsp3) is 1.00. The van der Waals surface area contributed by atoms with E-state index in [2.05, 4.69) is 6.92 Å². The van der Waals surface area contributed by atoms with E-state index < -0.39 is 0 Å². The van der Waals surface area contributed by atoms with Crippen molar-refractivity contribution in [3.8, 4) is 0 Å². The molecule has 0 spiro atoms. The van der Waals surface area contributed by atoms with E-state index >= 15 is 0 Å². The number of epoxide rings is 2. The van der Waals surface area contributed by atoms with Crippen LogP contribution in [0.25, 0.3) is 0 Å². The third-order valence-corrected chi connectivity index (χ3v) is 3.35. The van der Waals surface area contributed by atoms with Crippen LogP contribution in [0.4, 0.5) is 0 Å². The average Bonchev–Trinajstić information content (AvgIpc) is 2.91. The highest BCUT2D eigenvalue weighted by Crippen LogP contribution is 2.58. The molecular formula is C9H14O2. The van der Waals surface area contributed by atoms with Crippen molar-refractivity contribution >= 4 is 0 Å². The van der Waals surface area contributed by atoms with Crippen molar-refractivity contribution in [2.45, 2.75) is 56.5 Å². The SMILES string of the molecule is CCC1OC1C12CCCC1O2. The molecule has 2 heterocycles. The Morgan fingerprint density at radius 1 is 1.55 bits per heavy atom. The molecule has 11 heavy (non-hydrogen) atoms. The molecule has 0 aromatic carbocycles. The van der Waals surface area contributed by atoms with Crippen molar-refractivity contribution in [2.24, 2.45) is 0 Å². The highest BCUT2D eigenvalue weighted by Gasteiger charge is 2.70. The summed E-state index contributed by atoms with van der Waals surface area (Å²) < 4.78 is 11.2. The number of rotatable bonds is 2. The van der Waals surface area contributed by atoms with E-state index in [1.807, 2.05) is 0 Å². The van der Waals surface area contributed by atoms with Crippen molar-refractivity contribution in [1.82, 2.24) is 0 Å². The third-order valence-electron chi connectivity index (χ3n) is 3.35. The first kappa shape index (κ1) is 6.44. The minimum atomic E-state index is 0.223. The van der Waals surface area contributed by atoms with Gasteiger partial charge < -0.3 is 9.47 Å². The van der Waals surface area contributed by atoms with Crippen LogP contribution in [0.15, 0.2) is 0 Å². The van der Waals surface area contributed by atoms with Gasteiger partial charge >= 0.3 is 0 Å². The van der Waals surface area contributed by atoms with Gasteiger partial charge in [-0.15, -0.1) is 0 Å². The van der Waals surface area contributed by atoms with E-state index in [1.165, 1.54) is 19.3 Å². The van der Waals surface area contributed by atoms with E-state index in [-0.39, 0.29) is 5.60 Å². The fourth-order valence-electron chi connectivity index (χ4n) is 2.59. The monoisotopic (exact) mass is 154 g/mol. The summed E-state index contributed by atoms with van der Waals surface area (Å²) >= 11 is 0. The fourth-order valence-corrected chi connectivity index (χ4v) is 2.59. The zero-order valence-electron chi connectivity index (χ0n) is 6.88. The summed E-state index contributed by atoms with van der Waals surface area (Å²) in [5.41, 5.74) is 0.223. The van der Waals surface area contributed by atoms with Crippen LogP contribution >= 0.6 is 0 Å². The van der Waals surface area contributed by atoms with Crippen LogP contribution < -0.4 is 0 Å². The molecule has 0 amide bonds. The Kier molecular flexibility index (Phi) is 1.06. The Hall–Kier alpha value is -0.0800. The molecule has 4 unspecified atom stereocenters. The Morgan fingerprint density at radius 2 is 2.45 bits per heavy atom. The summed E-state index contributed by atoms with van der Waals surface area (Å²) in [5.74, 6) is 0. The molecule has 0 N–H and O–H groups in total. The zero-order valence-corrected chi connectivity index (χ0v) is 6.88. The molecule has 1 saturated carbocycles. The first-order valence-corrected chi connectivity index (χ1v) is 4.70. The molecule has 2 heteroatoms. The van der Waals surface area contributed by atoms with Gasteiger partial charge in [0, 0.05) is 0 Å². The Balaban J connectivity index is 1.72. The van der Waals surface area contributed by atoms with Gasteiger partial charge in [-0.3, -0.25) is 0 Å². The Bertz CT molecular complexity index is 192. The maximum atomic E-state index is 5.67. The van der Waals surface area contributed by atoms with Gasteiger partial charge in [-0.2, -0.15) is 0 Å². The normalized spacial score (nSPS) is 59.2. The third kappa shape index (κ3) is 0.695. The van der Waals surface area contributed by atoms with Gasteiger partial charge in [0.1, 0.15) is 11.7 Å². The van der Waals surface area contributed by atoms with Crippen LogP contribution in [0, 0.1) is 0 Å². The van der Waals surface area contributed by atoms with Crippen LogP contribution in [0.1, 0.15) is 32.6 Å². The lowest BCUT2D eigenvalue weighted by Gasteiger charge is -2.01. The van der Waals surface area contributed by atoms with E-state index in [1.54, 1.807) is 0 Å². The van der Waals surface area contributed by atoms with Gasteiger partial charge in [-0.1, -0.05) is 6.92 Å². The summed E-state index contributed by atoms with van der Waals surface area (Å²) in [7, 11) is 0.